The van der Waals surface area contributed by atoms with Crippen LogP contribution >= 0.6 is 0 Å². The normalized spacial score (nSPS) is 17.8. The molecule has 2 fully saturated rings. The molecule has 1 aliphatic carbocycles. The number of nitriles is 1. The van der Waals surface area contributed by atoms with E-state index >= 15 is 0 Å². The molecule has 1 amide bonds. The zero-order valence-corrected chi connectivity index (χ0v) is 17.8. The Kier molecular flexibility index (Phi) is 5.37. The average Bonchev–Trinajstić information content (AvgIpc) is 3.25. The second-order valence-corrected chi connectivity index (χ2v) is 7.94. The van der Waals surface area contributed by atoms with Crippen molar-refractivity contribution in [2.45, 2.75) is 12.5 Å². The van der Waals surface area contributed by atoms with Crippen molar-refractivity contribution in [3.8, 4) is 11.8 Å². The Hall–Kier alpha value is -3.64. The molecule has 5 rings (SSSR count). The fourth-order valence-electron chi connectivity index (χ4n) is 4.16. The van der Waals surface area contributed by atoms with E-state index in [-0.39, 0.29) is 12.2 Å². The number of rotatable bonds is 4. The minimum absolute atomic E-state index is 0.113. The van der Waals surface area contributed by atoms with Gasteiger partial charge in [-0.15, -0.1) is 0 Å². The summed E-state index contributed by atoms with van der Waals surface area (Å²) in [6.45, 7) is 3.58. The maximum Gasteiger partial charge on any atom is 0.410 e. The molecule has 0 N–H and O–H groups in total. The molecule has 0 spiro atoms. The lowest BCUT2D eigenvalue weighted by molar-refractivity contribution is -0.104. The van der Waals surface area contributed by atoms with Crippen LogP contribution in [0.5, 0.6) is 5.75 Å². The number of allylic oxidation sites excluding steroid dienone is 1. The molecule has 9 heteroatoms. The molecule has 0 bridgehead atoms. The van der Waals surface area contributed by atoms with Gasteiger partial charge in [-0.05, 0) is 17.7 Å². The predicted octanol–water partition coefficient (Wildman–Crippen LogP) is 2.11. The number of fused-ring (bicyclic) bond motifs is 1. The van der Waals surface area contributed by atoms with Gasteiger partial charge in [0.25, 0.3) is 0 Å². The molecular formula is C23H23N5O4. The Balaban J connectivity index is 1.33. The Bertz CT molecular complexity index is 1110. The largest absolute Gasteiger partial charge is 0.495 e. The quantitative estimate of drug-likeness (QED) is 0.723. The number of carbonyl (C=O) groups is 1. The standard InChI is InChI=1S/C23H23N5O4/c1-30-17-8-16(11-24)22(26-12-17)15-9-19-20(10-15)25-3-2-21(19)27-4-6-28(7-5-27)23(29)32-18-13-31-14-18/h2-3,8-9,12,18H,4-7,10,13-14H2,1H3. The van der Waals surface area contributed by atoms with Crippen LogP contribution in [-0.4, -0.2) is 73.6 Å². The van der Waals surface area contributed by atoms with E-state index in [0.717, 1.165) is 22.5 Å². The number of nitrogens with zero attached hydrogens (tertiary/aromatic N) is 5. The van der Waals surface area contributed by atoms with Gasteiger partial charge < -0.3 is 24.0 Å². The van der Waals surface area contributed by atoms with Gasteiger partial charge in [-0.1, -0.05) is 0 Å². The zero-order chi connectivity index (χ0) is 22.1. The summed E-state index contributed by atoms with van der Waals surface area (Å²) in [5.74, 6) is 0.557. The lowest BCUT2D eigenvalue weighted by Gasteiger charge is -2.37. The first-order chi connectivity index (χ1) is 15.7. The Morgan fingerprint density at radius 2 is 2.06 bits per heavy atom. The summed E-state index contributed by atoms with van der Waals surface area (Å²) in [5.41, 5.74) is 5.19. The number of piperazine rings is 1. The van der Waals surface area contributed by atoms with E-state index in [0.29, 0.717) is 62.8 Å². The van der Waals surface area contributed by atoms with Crippen molar-refractivity contribution in [2.75, 3.05) is 51.4 Å². The van der Waals surface area contributed by atoms with Gasteiger partial charge in [0.15, 0.2) is 6.10 Å². The molecule has 0 saturated carbocycles. The van der Waals surface area contributed by atoms with E-state index < -0.39 is 0 Å². The molecule has 0 radical (unpaired) electrons. The molecule has 164 valence electrons. The molecule has 2 aromatic rings. The van der Waals surface area contributed by atoms with E-state index in [9.17, 15) is 10.1 Å². The van der Waals surface area contributed by atoms with Crippen molar-refractivity contribution in [3.05, 3.63) is 47.0 Å². The van der Waals surface area contributed by atoms with Crippen LogP contribution in [-0.2, 0) is 15.9 Å². The Morgan fingerprint density at radius 3 is 2.75 bits per heavy atom. The van der Waals surface area contributed by atoms with Gasteiger partial charge in [0, 0.05) is 56.1 Å². The third-order valence-corrected chi connectivity index (χ3v) is 6.00. The summed E-state index contributed by atoms with van der Waals surface area (Å²) in [7, 11) is 1.56. The van der Waals surface area contributed by atoms with E-state index in [2.05, 4.69) is 27.0 Å². The fourth-order valence-corrected chi connectivity index (χ4v) is 4.16. The first kappa shape index (κ1) is 20.3. The number of hydrogen-bond acceptors (Lipinski definition) is 8. The van der Waals surface area contributed by atoms with E-state index in [1.807, 2.05) is 12.3 Å². The van der Waals surface area contributed by atoms with Gasteiger partial charge in [0.05, 0.1) is 43.5 Å². The number of ether oxygens (including phenoxy) is 3. The lowest BCUT2D eigenvalue weighted by Crippen LogP contribution is -2.51. The molecule has 2 saturated heterocycles. The van der Waals surface area contributed by atoms with Crippen LogP contribution in [0.25, 0.3) is 11.6 Å². The fraction of sp³-hybridized carbons (Fsp3) is 0.391. The lowest BCUT2D eigenvalue weighted by atomic mass is 10.1. The van der Waals surface area contributed by atoms with Crippen LogP contribution in [0.4, 0.5) is 10.5 Å². The smallest absolute Gasteiger partial charge is 0.410 e. The Labute approximate surface area is 185 Å². The SMILES string of the molecule is COc1cnc(C2=Cc3c(N4CCN(C(=O)OC5COC5)CC4)ccnc3C2)c(C#N)c1. The number of methoxy groups -OCH3 is 1. The molecular weight excluding hydrogens is 410 g/mol. The minimum Gasteiger partial charge on any atom is -0.495 e. The molecule has 4 heterocycles. The first-order valence-corrected chi connectivity index (χ1v) is 10.6. The summed E-state index contributed by atoms with van der Waals surface area (Å²) in [6, 6.07) is 5.93. The van der Waals surface area contributed by atoms with Gasteiger partial charge in [-0.3, -0.25) is 9.97 Å². The highest BCUT2D eigenvalue weighted by Crippen LogP contribution is 2.37. The maximum absolute atomic E-state index is 12.3. The second-order valence-electron chi connectivity index (χ2n) is 7.94. The summed E-state index contributed by atoms with van der Waals surface area (Å²) in [4.78, 5) is 25.3. The van der Waals surface area contributed by atoms with Crippen molar-refractivity contribution < 1.29 is 19.0 Å². The van der Waals surface area contributed by atoms with Gasteiger partial charge >= 0.3 is 6.09 Å². The summed E-state index contributed by atoms with van der Waals surface area (Å²) in [5, 5.41) is 9.57. The third kappa shape index (κ3) is 3.74. The van der Waals surface area contributed by atoms with Crippen LogP contribution < -0.4 is 9.64 Å². The molecule has 0 unspecified atom stereocenters. The third-order valence-electron chi connectivity index (χ3n) is 6.00. The van der Waals surface area contributed by atoms with E-state index in [4.69, 9.17) is 14.2 Å². The molecule has 32 heavy (non-hydrogen) atoms. The summed E-state index contributed by atoms with van der Waals surface area (Å²) in [6.07, 6.45) is 5.75. The number of aromatic nitrogens is 2. The highest BCUT2D eigenvalue weighted by atomic mass is 16.6. The highest BCUT2D eigenvalue weighted by Gasteiger charge is 2.30. The molecule has 9 nitrogen and oxygen atoms in total. The number of anilines is 1. The summed E-state index contributed by atoms with van der Waals surface area (Å²) < 4.78 is 15.7. The van der Waals surface area contributed by atoms with Crippen molar-refractivity contribution in [1.29, 1.82) is 5.26 Å². The van der Waals surface area contributed by atoms with Crippen molar-refractivity contribution in [3.63, 3.8) is 0 Å². The van der Waals surface area contributed by atoms with Gasteiger partial charge in [-0.25, -0.2) is 4.79 Å². The number of hydrogen-bond donors (Lipinski definition) is 0. The zero-order valence-electron chi connectivity index (χ0n) is 17.8. The average molecular weight is 433 g/mol. The number of amides is 1. The maximum atomic E-state index is 12.3. The van der Waals surface area contributed by atoms with Crippen molar-refractivity contribution >= 4 is 23.4 Å². The van der Waals surface area contributed by atoms with Crippen LogP contribution in [0, 0.1) is 11.3 Å². The second kappa shape index (κ2) is 8.48. The van der Waals surface area contributed by atoms with Gasteiger partial charge in [0.2, 0.25) is 0 Å². The predicted molar refractivity (Wildman–Crippen MR) is 116 cm³/mol. The number of carbonyl (C=O) groups excluding carboxylic acids is 1. The summed E-state index contributed by atoms with van der Waals surface area (Å²) >= 11 is 0. The molecule has 0 aromatic carbocycles. The molecule has 2 aromatic heterocycles. The van der Waals surface area contributed by atoms with Crippen LogP contribution in [0.15, 0.2) is 24.5 Å². The van der Waals surface area contributed by atoms with Crippen molar-refractivity contribution in [2.24, 2.45) is 0 Å². The topological polar surface area (TPSA) is 101 Å². The molecule has 3 aliphatic rings. The van der Waals surface area contributed by atoms with Crippen molar-refractivity contribution in [1.82, 2.24) is 14.9 Å². The van der Waals surface area contributed by atoms with Gasteiger partial charge in [-0.2, -0.15) is 5.26 Å². The molecule has 2 aliphatic heterocycles. The van der Waals surface area contributed by atoms with Crippen LogP contribution in [0.2, 0.25) is 0 Å². The highest BCUT2D eigenvalue weighted by molar-refractivity contribution is 5.92. The van der Waals surface area contributed by atoms with Gasteiger partial charge in [0.1, 0.15) is 11.8 Å². The Morgan fingerprint density at radius 1 is 1.25 bits per heavy atom. The first-order valence-electron chi connectivity index (χ1n) is 10.6. The van der Waals surface area contributed by atoms with Crippen LogP contribution in [0.3, 0.4) is 0 Å². The molecule has 0 atom stereocenters. The minimum atomic E-state index is -0.269. The monoisotopic (exact) mass is 433 g/mol. The van der Waals surface area contributed by atoms with E-state index in [1.54, 1.807) is 24.3 Å². The van der Waals surface area contributed by atoms with E-state index in [1.165, 1.54) is 0 Å². The van der Waals surface area contributed by atoms with Crippen LogP contribution in [0.1, 0.15) is 22.5 Å². The number of pyridine rings is 2.